The van der Waals surface area contributed by atoms with E-state index in [1.807, 2.05) is 60.7 Å². The van der Waals surface area contributed by atoms with Gasteiger partial charge in [-0.2, -0.15) is 5.10 Å². The number of nitrogens with zero attached hydrogens (tertiary/aromatic N) is 3. The summed E-state index contributed by atoms with van der Waals surface area (Å²) in [5.74, 6) is -0.615. The lowest BCUT2D eigenvalue weighted by Gasteiger charge is -2.08. The fourth-order valence-corrected chi connectivity index (χ4v) is 6.01. The van der Waals surface area contributed by atoms with Gasteiger partial charge in [-0.3, -0.25) is 19.9 Å². The summed E-state index contributed by atoms with van der Waals surface area (Å²) in [5.41, 5.74) is 7.94. The Labute approximate surface area is 269 Å². The number of rotatable bonds is 9. The lowest BCUT2D eigenvalue weighted by Crippen LogP contribution is -2.21. The molecule has 0 aliphatic carbocycles. The van der Waals surface area contributed by atoms with Gasteiger partial charge in [0.2, 0.25) is 15.9 Å². The molecular weight excluding hydrogens is 617 g/mol. The fourth-order valence-electron chi connectivity index (χ4n) is 5.58. The Kier molecular flexibility index (Phi) is 7.80. The monoisotopic (exact) mass is 645 g/mol. The molecule has 0 atom stereocenters. The summed E-state index contributed by atoms with van der Waals surface area (Å²) in [7, 11) is -3.45. The minimum Gasteiger partial charge on any atom is -0.352 e. The van der Waals surface area contributed by atoms with Gasteiger partial charge < -0.3 is 10.3 Å². The quantitative estimate of drug-likeness (QED) is 0.147. The second-order valence-electron chi connectivity index (χ2n) is 11.3. The van der Waals surface area contributed by atoms with E-state index in [9.17, 15) is 17.6 Å². The Bertz CT molecular complexity index is 2390. The van der Waals surface area contributed by atoms with E-state index < -0.39 is 15.8 Å². The molecule has 0 aliphatic rings. The van der Waals surface area contributed by atoms with Crippen molar-refractivity contribution in [2.75, 3.05) is 11.6 Å². The number of hydrogen-bond donors (Lipinski definition) is 4. The summed E-state index contributed by atoms with van der Waals surface area (Å²) < 4.78 is 40.2. The first-order valence-electron chi connectivity index (χ1n) is 14.7. The summed E-state index contributed by atoms with van der Waals surface area (Å²) in [5, 5.41) is 12.3. The normalized spacial score (nSPS) is 11.7. The molecule has 0 aliphatic heterocycles. The Morgan fingerprint density at radius 2 is 1.64 bits per heavy atom. The predicted molar refractivity (Wildman–Crippen MR) is 180 cm³/mol. The lowest BCUT2D eigenvalue weighted by molar-refractivity contribution is -0.115. The Morgan fingerprint density at radius 1 is 0.809 bits per heavy atom. The van der Waals surface area contributed by atoms with Crippen LogP contribution in [-0.2, 0) is 27.8 Å². The van der Waals surface area contributed by atoms with Crippen LogP contribution in [0.5, 0.6) is 0 Å². The molecule has 10 nitrogen and oxygen atoms in total. The average Bonchev–Trinajstić information content (AvgIpc) is 3.68. The van der Waals surface area contributed by atoms with E-state index in [1.54, 1.807) is 30.9 Å². The van der Waals surface area contributed by atoms with Crippen molar-refractivity contribution in [2.24, 2.45) is 0 Å². The van der Waals surface area contributed by atoms with E-state index in [0.29, 0.717) is 28.1 Å². The molecule has 0 radical (unpaired) electrons. The van der Waals surface area contributed by atoms with Gasteiger partial charge in [-0.1, -0.05) is 36.4 Å². The zero-order valence-electron chi connectivity index (χ0n) is 25.1. The summed E-state index contributed by atoms with van der Waals surface area (Å²) in [6.45, 7) is -0.0362. The third-order valence-electron chi connectivity index (χ3n) is 7.73. The molecule has 0 saturated carbocycles. The first kappa shape index (κ1) is 30.0. The van der Waals surface area contributed by atoms with Gasteiger partial charge in [-0.25, -0.2) is 17.5 Å². The molecule has 7 aromatic rings. The van der Waals surface area contributed by atoms with Crippen LogP contribution in [0, 0.1) is 5.82 Å². The number of aromatic nitrogens is 5. The molecule has 0 bridgehead atoms. The summed E-state index contributed by atoms with van der Waals surface area (Å²) in [6, 6.07) is 23.7. The molecule has 47 heavy (non-hydrogen) atoms. The van der Waals surface area contributed by atoms with Gasteiger partial charge in [0.15, 0.2) is 0 Å². The molecule has 4 aromatic heterocycles. The number of benzene rings is 3. The molecule has 0 unspecified atom stereocenters. The van der Waals surface area contributed by atoms with E-state index in [1.165, 1.54) is 12.1 Å². The highest BCUT2D eigenvalue weighted by molar-refractivity contribution is 7.88. The highest BCUT2D eigenvalue weighted by atomic mass is 32.2. The fraction of sp³-hybridized carbons (Fsp3) is 0.0857. The van der Waals surface area contributed by atoms with E-state index >= 15 is 0 Å². The van der Waals surface area contributed by atoms with Crippen LogP contribution in [0.15, 0.2) is 104 Å². The van der Waals surface area contributed by atoms with Gasteiger partial charge in [-0.05, 0) is 64.7 Å². The highest BCUT2D eigenvalue weighted by Gasteiger charge is 2.16. The Morgan fingerprint density at radius 3 is 2.47 bits per heavy atom. The van der Waals surface area contributed by atoms with Crippen molar-refractivity contribution in [2.45, 2.75) is 13.0 Å². The minimum absolute atomic E-state index is 0.0362. The van der Waals surface area contributed by atoms with Crippen LogP contribution in [0.4, 0.5) is 10.1 Å². The SMILES string of the molecule is CS(=O)(=O)NCc1cc(F)cc(-c2cncc3[nH]c(-c4n[nH]c5ccc(-c6cncc(NC(=O)Cc7ccccc7)c6)cc45)cc23)c1. The molecular formula is C35H28FN7O3S. The van der Waals surface area contributed by atoms with Crippen molar-refractivity contribution in [1.82, 2.24) is 29.9 Å². The molecule has 12 heteroatoms. The van der Waals surface area contributed by atoms with Crippen LogP contribution in [-0.4, -0.2) is 45.7 Å². The second-order valence-corrected chi connectivity index (χ2v) is 13.1. The van der Waals surface area contributed by atoms with Crippen LogP contribution in [0.1, 0.15) is 11.1 Å². The molecule has 234 valence electrons. The summed E-state index contributed by atoms with van der Waals surface area (Å²) >= 11 is 0. The third kappa shape index (κ3) is 6.64. The number of sulfonamides is 1. The van der Waals surface area contributed by atoms with Crippen LogP contribution in [0.3, 0.4) is 0 Å². The van der Waals surface area contributed by atoms with Gasteiger partial charge in [0.25, 0.3) is 0 Å². The number of halogens is 1. The van der Waals surface area contributed by atoms with Gasteiger partial charge in [0.05, 0.1) is 47.5 Å². The van der Waals surface area contributed by atoms with E-state index in [4.69, 9.17) is 0 Å². The largest absolute Gasteiger partial charge is 0.352 e. The minimum atomic E-state index is -3.45. The van der Waals surface area contributed by atoms with Crippen molar-refractivity contribution >= 4 is 43.4 Å². The van der Waals surface area contributed by atoms with Crippen molar-refractivity contribution in [3.05, 3.63) is 121 Å². The summed E-state index contributed by atoms with van der Waals surface area (Å²) in [6.07, 6.45) is 8.03. The van der Waals surface area contributed by atoms with Gasteiger partial charge >= 0.3 is 0 Å². The van der Waals surface area contributed by atoms with Crippen molar-refractivity contribution < 1.29 is 17.6 Å². The van der Waals surface area contributed by atoms with Crippen LogP contribution >= 0.6 is 0 Å². The van der Waals surface area contributed by atoms with Crippen molar-refractivity contribution in [1.29, 1.82) is 0 Å². The molecule has 0 spiro atoms. The van der Waals surface area contributed by atoms with E-state index in [2.05, 4.69) is 35.2 Å². The first-order valence-corrected chi connectivity index (χ1v) is 16.6. The van der Waals surface area contributed by atoms with E-state index in [0.717, 1.165) is 50.4 Å². The summed E-state index contributed by atoms with van der Waals surface area (Å²) in [4.78, 5) is 24.8. The maximum atomic E-state index is 14.6. The van der Waals surface area contributed by atoms with Crippen molar-refractivity contribution in [3.8, 4) is 33.6 Å². The van der Waals surface area contributed by atoms with Crippen LogP contribution < -0.4 is 10.0 Å². The maximum Gasteiger partial charge on any atom is 0.228 e. The van der Waals surface area contributed by atoms with Gasteiger partial charge in [0.1, 0.15) is 11.5 Å². The number of carbonyl (C=O) groups excluding carboxylic acids is 1. The van der Waals surface area contributed by atoms with E-state index in [-0.39, 0.29) is 18.9 Å². The number of fused-ring (bicyclic) bond motifs is 2. The highest BCUT2D eigenvalue weighted by Crippen LogP contribution is 2.35. The molecule has 1 amide bonds. The number of carbonyl (C=O) groups is 1. The number of H-pyrrole nitrogens is 2. The molecule has 7 rings (SSSR count). The van der Waals surface area contributed by atoms with Crippen molar-refractivity contribution in [3.63, 3.8) is 0 Å². The maximum absolute atomic E-state index is 14.6. The standard InChI is InChI=1S/C35H28FN7O3S/c1-47(45,46)39-16-22-9-24(12-26(36)10-22)30-19-38-20-33-28(30)15-32(41-33)35-29-14-23(7-8-31(29)42-43-35)25-13-27(18-37-17-25)40-34(44)11-21-5-3-2-4-6-21/h2-10,12-15,17-20,39,41H,11,16H2,1H3,(H,40,44)(H,42,43). The topological polar surface area (TPSA) is 146 Å². The predicted octanol–water partition coefficient (Wildman–Crippen LogP) is 6.20. The lowest BCUT2D eigenvalue weighted by atomic mass is 10.0. The molecule has 4 N–H and O–H groups in total. The number of nitrogens with one attached hydrogen (secondary N) is 4. The number of aromatic amines is 2. The first-order chi connectivity index (χ1) is 22.7. The third-order valence-corrected chi connectivity index (χ3v) is 8.40. The molecule has 3 aromatic carbocycles. The van der Waals surface area contributed by atoms with Gasteiger partial charge in [-0.15, -0.1) is 0 Å². The second kappa shape index (κ2) is 12.2. The zero-order chi connectivity index (χ0) is 32.5. The van der Waals surface area contributed by atoms with Crippen LogP contribution in [0.25, 0.3) is 55.4 Å². The van der Waals surface area contributed by atoms with Gasteiger partial charge in [0, 0.05) is 40.8 Å². The molecule has 0 fully saturated rings. The number of amides is 1. The molecule has 4 heterocycles. The smallest absolute Gasteiger partial charge is 0.228 e. The Balaban J connectivity index is 1.20. The number of pyridine rings is 2. The average molecular weight is 646 g/mol. The number of anilines is 1. The zero-order valence-corrected chi connectivity index (χ0v) is 25.9. The van der Waals surface area contributed by atoms with Crippen LogP contribution in [0.2, 0.25) is 0 Å². The number of hydrogen-bond acceptors (Lipinski definition) is 6. The Hall–Kier alpha value is -5.72. The molecule has 0 saturated heterocycles.